The third kappa shape index (κ3) is 2.93. The maximum Gasteiger partial charge on any atom is 0.242 e. The van der Waals surface area contributed by atoms with Crippen LogP contribution in [0.5, 0.6) is 0 Å². The highest BCUT2D eigenvalue weighted by molar-refractivity contribution is 7.86. The molecule has 2 rings (SSSR count). The summed E-state index contributed by atoms with van der Waals surface area (Å²) in [5.74, 6) is 0.402. The van der Waals surface area contributed by atoms with Gasteiger partial charge in [0.1, 0.15) is 11.0 Å². The quantitative estimate of drug-likeness (QED) is 0.927. The van der Waals surface area contributed by atoms with Gasteiger partial charge in [0.2, 0.25) is 11.8 Å². The van der Waals surface area contributed by atoms with Gasteiger partial charge in [-0.1, -0.05) is 5.16 Å². The number of carbonyl (C=O) groups excluding carboxylic acids is 1. The first kappa shape index (κ1) is 13.5. The Labute approximate surface area is 112 Å². The van der Waals surface area contributed by atoms with Crippen molar-refractivity contribution in [3.05, 3.63) is 29.9 Å². The molecule has 1 N–H and O–H groups in total. The maximum absolute atomic E-state index is 12.2. The fraction of sp³-hybridized carbons (Fsp3) is 0.333. The van der Waals surface area contributed by atoms with Crippen LogP contribution in [0.4, 0.5) is 5.88 Å². The van der Waals surface area contributed by atoms with Crippen molar-refractivity contribution >= 4 is 22.6 Å². The van der Waals surface area contributed by atoms with Crippen molar-refractivity contribution in [3.63, 3.8) is 0 Å². The molecule has 7 heteroatoms. The topological polar surface area (TPSA) is 85.3 Å². The van der Waals surface area contributed by atoms with E-state index in [4.69, 9.17) is 8.94 Å². The predicted octanol–water partition coefficient (Wildman–Crippen LogP) is 2.02. The Hall–Kier alpha value is -1.89. The number of aromatic nitrogens is 1. The average Bonchev–Trinajstić information content (AvgIpc) is 2.96. The van der Waals surface area contributed by atoms with Crippen molar-refractivity contribution < 1.29 is 17.9 Å². The third-order valence-electron chi connectivity index (χ3n) is 2.59. The smallest absolute Gasteiger partial charge is 0.242 e. The van der Waals surface area contributed by atoms with Gasteiger partial charge >= 0.3 is 0 Å². The summed E-state index contributed by atoms with van der Waals surface area (Å²) < 4.78 is 22.2. The molecule has 1 amide bonds. The van der Waals surface area contributed by atoms with Crippen molar-refractivity contribution in [1.29, 1.82) is 0 Å². The second-order valence-electron chi connectivity index (χ2n) is 4.10. The van der Waals surface area contributed by atoms with E-state index in [9.17, 15) is 9.00 Å². The Bertz CT molecular complexity index is 617. The molecular weight excluding hydrogens is 268 g/mol. The van der Waals surface area contributed by atoms with E-state index in [-0.39, 0.29) is 5.88 Å². The minimum atomic E-state index is -1.47. The minimum absolute atomic E-state index is 0.246. The molecule has 0 bridgehead atoms. The fourth-order valence-corrected chi connectivity index (χ4v) is 2.67. The van der Waals surface area contributed by atoms with Crippen LogP contribution in [0.25, 0.3) is 0 Å². The normalized spacial score (nSPS) is 14.1. The van der Waals surface area contributed by atoms with Gasteiger partial charge in [-0.15, -0.1) is 0 Å². The largest absolute Gasteiger partial charge is 0.468 e. The molecule has 0 spiro atoms. The van der Waals surface area contributed by atoms with E-state index in [1.54, 1.807) is 32.9 Å². The second kappa shape index (κ2) is 5.40. The number of hydrogen-bond donors (Lipinski definition) is 1. The molecule has 19 heavy (non-hydrogen) atoms. The number of nitrogens with one attached hydrogen (secondary N) is 1. The molecular formula is C12H14N2O4S. The van der Waals surface area contributed by atoms with Gasteiger partial charge in [0, 0.05) is 6.07 Å². The molecule has 6 nitrogen and oxygen atoms in total. The zero-order chi connectivity index (χ0) is 14.0. The van der Waals surface area contributed by atoms with Crippen molar-refractivity contribution in [2.75, 3.05) is 5.32 Å². The number of carbonyl (C=O) groups is 1. The molecule has 102 valence electrons. The predicted molar refractivity (Wildman–Crippen MR) is 69.2 cm³/mol. The Balaban J connectivity index is 2.07. The average molecular weight is 282 g/mol. The summed E-state index contributed by atoms with van der Waals surface area (Å²) in [6, 6.07) is 3.20. The molecule has 0 aromatic carbocycles. The standard InChI is InChI=1S/C12H14N2O4S/c1-7-6-11(18-14-7)13-12(15)9(3)19(16)10-4-5-17-8(10)2/h4-6,9H,1-3H3,(H,13,15)/t9-,19-/m1/s1. The molecule has 0 fully saturated rings. The lowest BCUT2D eigenvalue weighted by Gasteiger charge is -2.09. The van der Waals surface area contributed by atoms with Crippen LogP contribution in [0.15, 0.2) is 32.2 Å². The van der Waals surface area contributed by atoms with Gasteiger partial charge < -0.3 is 8.94 Å². The number of nitrogens with zero attached hydrogens (tertiary/aromatic N) is 1. The van der Waals surface area contributed by atoms with Gasteiger partial charge in [0.25, 0.3) is 0 Å². The lowest BCUT2D eigenvalue weighted by Crippen LogP contribution is -2.29. The van der Waals surface area contributed by atoms with Crippen molar-refractivity contribution in [3.8, 4) is 0 Å². The number of furan rings is 1. The monoisotopic (exact) mass is 282 g/mol. The molecule has 0 aliphatic heterocycles. The van der Waals surface area contributed by atoms with E-state index in [1.165, 1.54) is 6.26 Å². The summed E-state index contributed by atoms with van der Waals surface area (Å²) in [7, 11) is -1.47. The van der Waals surface area contributed by atoms with Crippen LogP contribution in [-0.2, 0) is 15.6 Å². The third-order valence-corrected chi connectivity index (χ3v) is 4.31. The van der Waals surface area contributed by atoms with Gasteiger partial charge in [0.05, 0.1) is 27.7 Å². The van der Waals surface area contributed by atoms with Crippen molar-refractivity contribution in [1.82, 2.24) is 5.16 Å². The molecule has 0 radical (unpaired) electrons. The van der Waals surface area contributed by atoms with E-state index in [2.05, 4.69) is 10.5 Å². The van der Waals surface area contributed by atoms with Crippen LogP contribution < -0.4 is 5.32 Å². The van der Waals surface area contributed by atoms with Crippen LogP contribution in [0.1, 0.15) is 18.4 Å². The molecule has 2 aromatic heterocycles. The van der Waals surface area contributed by atoms with Crippen molar-refractivity contribution in [2.24, 2.45) is 0 Å². The minimum Gasteiger partial charge on any atom is -0.468 e. The van der Waals surface area contributed by atoms with Crippen molar-refractivity contribution in [2.45, 2.75) is 30.9 Å². The lowest BCUT2D eigenvalue weighted by molar-refractivity contribution is -0.115. The van der Waals surface area contributed by atoms with Crippen LogP contribution in [0.2, 0.25) is 0 Å². The highest BCUT2D eigenvalue weighted by atomic mass is 32.2. The molecule has 2 heterocycles. The Morgan fingerprint density at radius 3 is 2.74 bits per heavy atom. The van der Waals surface area contributed by atoms with E-state index in [0.29, 0.717) is 16.3 Å². The number of aryl methyl sites for hydroxylation is 2. The summed E-state index contributed by atoms with van der Waals surface area (Å²) in [5.41, 5.74) is 0.662. The number of rotatable bonds is 4. The van der Waals surface area contributed by atoms with Gasteiger partial charge in [0.15, 0.2) is 0 Å². The molecule has 0 saturated carbocycles. The van der Waals surface area contributed by atoms with Crippen LogP contribution in [-0.4, -0.2) is 20.5 Å². The summed E-state index contributed by atoms with van der Waals surface area (Å²) >= 11 is 0. The highest BCUT2D eigenvalue weighted by Crippen LogP contribution is 2.18. The lowest BCUT2D eigenvalue weighted by atomic mass is 10.4. The molecule has 0 saturated heterocycles. The molecule has 2 atom stereocenters. The van der Waals surface area contributed by atoms with Crippen LogP contribution >= 0.6 is 0 Å². The first-order valence-corrected chi connectivity index (χ1v) is 6.89. The molecule has 2 aromatic rings. The van der Waals surface area contributed by atoms with Crippen LogP contribution in [0.3, 0.4) is 0 Å². The van der Waals surface area contributed by atoms with E-state index in [0.717, 1.165) is 0 Å². The summed E-state index contributed by atoms with van der Waals surface area (Å²) in [4.78, 5) is 12.5. The first-order chi connectivity index (χ1) is 8.99. The van der Waals surface area contributed by atoms with E-state index < -0.39 is 22.0 Å². The molecule has 0 unspecified atom stereocenters. The number of amides is 1. The Kier molecular flexibility index (Phi) is 3.84. The SMILES string of the molecule is Cc1cc(NC(=O)[C@@H](C)[S@@](=O)c2ccoc2C)on1. The Morgan fingerprint density at radius 2 is 2.21 bits per heavy atom. The van der Waals surface area contributed by atoms with E-state index in [1.807, 2.05) is 0 Å². The molecule has 0 aliphatic rings. The molecule has 0 aliphatic carbocycles. The number of anilines is 1. The Morgan fingerprint density at radius 1 is 1.47 bits per heavy atom. The van der Waals surface area contributed by atoms with Crippen LogP contribution in [0, 0.1) is 13.8 Å². The summed E-state index contributed by atoms with van der Waals surface area (Å²) in [6.07, 6.45) is 1.45. The first-order valence-electron chi connectivity index (χ1n) is 5.68. The fourth-order valence-electron chi connectivity index (χ4n) is 1.52. The van der Waals surface area contributed by atoms with Gasteiger partial charge in [-0.3, -0.25) is 14.3 Å². The zero-order valence-corrected chi connectivity index (χ0v) is 11.6. The maximum atomic E-state index is 12.2. The summed E-state index contributed by atoms with van der Waals surface area (Å²) in [5, 5.41) is 5.47. The number of hydrogen-bond acceptors (Lipinski definition) is 5. The van der Waals surface area contributed by atoms with E-state index >= 15 is 0 Å². The van der Waals surface area contributed by atoms with Gasteiger partial charge in [-0.2, -0.15) is 0 Å². The summed E-state index contributed by atoms with van der Waals surface area (Å²) in [6.45, 7) is 5.04. The second-order valence-corrected chi connectivity index (χ2v) is 5.84. The van der Waals surface area contributed by atoms with Gasteiger partial charge in [-0.05, 0) is 26.8 Å². The zero-order valence-electron chi connectivity index (χ0n) is 10.8. The van der Waals surface area contributed by atoms with Gasteiger partial charge in [-0.25, -0.2) is 0 Å². The highest BCUT2D eigenvalue weighted by Gasteiger charge is 2.24.